The lowest BCUT2D eigenvalue weighted by molar-refractivity contribution is -0.120. The summed E-state index contributed by atoms with van der Waals surface area (Å²) >= 11 is 0. The zero-order chi connectivity index (χ0) is 14.4. The summed E-state index contributed by atoms with van der Waals surface area (Å²) in [6, 6.07) is 17.0. The van der Waals surface area contributed by atoms with E-state index in [1.165, 1.54) is 12.1 Å². The Morgan fingerprint density at radius 2 is 1.45 bits per heavy atom. The van der Waals surface area contributed by atoms with E-state index in [0.717, 1.165) is 5.56 Å². The Hall–Kier alpha value is -2.30. The van der Waals surface area contributed by atoms with E-state index < -0.39 is 12.2 Å². The second kappa shape index (κ2) is 6.23. The van der Waals surface area contributed by atoms with Crippen molar-refractivity contribution >= 4 is 5.90 Å². The summed E-state index contributed by atoms with van der Waals surface area (Å²) in [6.45, 7) is 0.0324. The molecule has 2 aromatic carbocycles. The molecule has 0 fully saturated rings. The normalized spacial score (nSPS) is 12.2. The first-order chi connectivity index (χ1) is 9.54. The molecule has 0 amide bonds. The highest BCUT2D eigenvalue weighted by Crippen LogP contribution is 2.19. The van der Waals surface area contributed by atoms with Gasteiger partial charge >= 0.3 is 6.30 Å². The molecular weight excluding hydrogens is 267 g/mol. The molecule has 0 aliphatic carbocycles. The Bertz CT molecular complexity index is 565. The van der Waals surface area contributed by atoms with Gasteiger partial charge in [-0.3, -0.25) is 0 Å². The fourth-order valence-electron chi connectivity index (χ4n) is 1.60. The lowest BCUT2D eigenvalue weighted by Gasteiger charge is -2.11. The summed E-state index contributed by atoms with van der Waals surface area (Å²) in [5.74, 6) is -0.429. The van der Waals surface area contributed by atoms with Gasteiger partial charge in [-0.25, -0.2) is 0 Å². The maximum atomic E-state index is 12.4. The monoisotopic (exact) mass is 279 g/mol. The molecule has 0 aliphatic heterocycles. The summed E-state index contributed by atoms with van der Waals surface area (Å²) < 4.78 is 42.6. The molecule has 0 saturated heterocycles. The van der Waals surface area contributed by atoms with E-state index in [4.69, 9.17) is 4.74 Å². The number of alkyl halides is 3. The van der Waals surface area contributed by atoms with Crippen molar-refractivity contribution in [1.29, 1.82) is 0 Å². The third kappa shape index (κ3) is 4.42. The van der Waals surface area contributed by atoms with Crippen molar-refractivity contribution in [1.82, 2.24) is 0 Å². The number of ether oxygens (including phenoxy) is 1. The fourth-order valence-corrected chi connectivity index (χ4v) is 1.60. The molecule has 0 aromatic heterocycles. The molecule has 0 N–H and O–H groups in total. The standard InChI is InChI=1S/C15H12F3NO/c16-15(17,18)19-14(13-9-5-2-6-10-13)20-11-12-7-3-1-4-8-12/h1-10H,11H2/b19-14+. The molecule has 0 unspecified atom stereocenters. The Kier molecular flexibility index (Phi) is 4.40. The molecule has 0 spiro atoms. The van der Waals surface area contributed by atoms with Crippen molar-refractivity contribution in [3.05, 3.63) is 71.8 Å². The average molecular weight is 279 g/mol. The van der Waals surface area contributed by atoms with E-state index in [1.807, 2.05) is 6.07 Å². The molecule has 2 nitrogen and oxygen atoms in total. The molecule has 2 rings (SSSR count). The lowest BCUT2D eigenvalue weighted by atomic mass is 10.2. The van der Waals surface area contributed by atoms with Gasteiger partial charge < -0.3 is 4.74 Å². The molecular formula is C15H12F3NO. The zero-order valence-electron chi connectivity index (χ0n) is 10.5. The summed E-state index contributed by atoms with van der Waals surface area (Å²) in [4.78, 5) is 2.69. The van der Waals surface area contributed by atoms with Crippen LogP contribution in [0.25, 0.3) is 0 Å². The van der Waals surface area contributed by atoms with Crippen LogP contribution in [-0.4, -0.2) is 12.2 Å². The van der Waals surface area contributed by atoms with Gasteiger partial charge in [0.2, 0.25) is 5.90 Å². The zero-order valence-corrected chi connectivity index (χ0v) is 10.5. The van der Waals surface area contributed by atoms with E-state index in [2.05, 4.69) is 4.99 Å². The Morgan fingerprint density at radius 3 is 2.00 bits per heavy atom. The minimum atomic E-state index is -4.66. The number of hydrogen-bond donors (Lipinski definition) is 0. The maximum absolute atomic E-state index is 12.4. The smallest absolute Gasteiger partial charge is 0.472 e. The second-order valence-electron chi connectivity index (χ2n) is 4.03. The van der Waals surface area contributed by atoms with Gasteiger partial charge in [0.25, 0.3) is 0 Å². The molecule has 0 atom stereocenters. The predicted molar refractivity (Wildman–Crippen MR) is 70.3 cm³/mol. The van der Waals surface area contributed by atoms with Crippen LogP contribution in [-0.2, 0) is 11.3 Å². The molecule has 5 heteroatoms. The van der Waals surface area contributed by atoms with Gasteiger partial charge in [-0.2, -0.15) is 0 Å². The van der Waals surface area contributed by atoms with Crippen LogP contribution >= 0.6 is 0 Å². The SMILES string of the molecule is FC(F)(F)/N=C(/OCc1ccccc1)c1ccccc1. The topological polar surface area (TPSA) is 21.6 Å². The number of benzene rings is 2. The first kappa shape index (κ1) is 14.1. The maximum Gasteiger partial charge on any atom is 0.506 e. The van der Waals surface area contributed by atoms with Crippen LogP contribution in [0.2, 0.25) is 0 Å². The van der Waals surface area contributed by atoms with Crippen LogP contribution in [0.1, 0.15) is 11.1 Å². The largest absolute Gasteiger partial charge is 0.506 e. The summed E-state index contributed by atoms with van der Waals surface area (Å²) in [7, 11) is 0. The number of nitrogens with zero attached hydrogens (tertiary/aromatic N) is 1. The third-order valence-electron chi connectivity index (χ3n) is 2.47. The van der Waals surface area contributed by atoms with Gasteiger partial charge in [0.1, 0.15) is 6.61 Å². The summed E-state index contributed by atoms with van der Waals surface area (Å²) in [5.41, 5.74) is 1.07. The van der Waals surface area contributed by atoms with Crippen molar-refractivity contribution in [3.8, 4) is 0 Å². The van der Waals surface area contributed by atoms with Crippen LogP contribution in [0.15, 0.2) is 65.7 Å². The highest BCUT2D eigenvalue weighted by Gasteiger charge is 2.28. The summed E-state index contributed by atoms with van der Waals surface area (Å²) in [5, 5.41) is 0. The third-order valence-corrected chi connectivity index (χ3v) is 2.47. The molecule has 0 radical (unpaired) electrons. The minimum absolute atomic E-state index is 0.0324. The average Bonchev–Trinajstić information content (AvgIpc) is 2.44. The van der Waals surface area contributed by atoms with Crippen molar-refractivity contribution in [2.24, 2.45) is 4.99 Å². The first-order valence-corrected chi connectivity index (χ1v) is 5.93. The highest BCUT2D eigenvalue weighted by atomic mass is 19.4. The van der Waals surface area contributed by atoms with E-state index in [0.29, 0.717) is 5.56 Å². The number of hydrogen-bond acceptors (Lipinski definition) is 2. The molecule has 0 heterocycles. The number of halogens is 3. The van der Waals surface area contributed by atoms with Crippen LogP contribution in [0, 0.1) is 0 Å². The fraction of sp³-hybridized carbons (Fsp3) is 0.133. The van der Waals surface area contributed by atoms with E-state index in [-0.39, 0.29) is 6.61 Å². The number of rotatable bonds is 3. The van der Waals surface area contributed by atoms with Crippen molar-refractivity contribution < 1.29 is 17.9 Å². The molecule has 104 valence electrons. The number of aliphatic imine (C=N–C) groups is 1. The summed E-state index contributed by atoms with van der Waals surface area (Å²) in [6.07, 6.45) is -4.66. The van der Waals surface area contributed by atoms with Gasteiger partial charge in [-0.1, -0.05) is 48.5 Å². The Labute approximate surface area is 114 Å². The molecule has 0 bridgehead atoms. The van der Waals surface area contributed by atoms with Crippen molar-refractivity contribution in [2.45, 2.75) is 12.9 Å². The van der Waals surface area contributed by atoms with Crippen LogP contribution < -0.4 is 0 Å². The van der Waals surface area contributed by atoms with Gasteiger partial charge in [-0.15, -0.1) is 18.2 Å². The van der Waals surface area contributed by atoms with E-state index in [9.17, 15) is 13.2 Å². The van der Waals surface area contributed by atoms with Gasteiger partial charge in [0, 0.05) is 5.56 Å². The van der Waals surface area contributed by atoms with Gasteiger partial charge in [0.05, 0.1) is 0 Å². The lowest BCUT2D eigenvalue weighted by Crippen LogP contribution is -2.14. The van der Waals surface area contributed by atoms with Gasteiger partial charge in [-0.05, 0) is 17.7 Å². The Morgan fingerprint density at radius 1 is 0.900 bits per heavy atom. The molecule has 0 aliphatic rings. The molecule has 2 aromatic rings. The highest BCUT2D eigenvalue weighted by molar-refractivity contribution is 5.94. The minimum Gasteiger partial charge on any atom is -0.472 e. The first-order valence-electron chi connectivity index (χ1n) is 5.93. The van der Waals surface area contributed by atoms with Crippen LogP contribution in [0.3, 0.4) is 0 Å². The van der Waals surface area contributed by atoms with E-state index >= 15 is 0 Å². The Balaban J connectivity index is 2.18. The molecule has 20 heavy (non-hydrogen) atoms. The quantitative estimate of drug-likeness (QED) is 0.469. The van der Waals surface area contributed by atoms with E-state index in [1.54, 1.807) is 42.5 Å². The molecule has 0 saturated carbocycles. The van der Waals surface area contributed by atoms with Gasteiger partial charge in [0.15, 0.2) is 0 Å². The second-order valence-corrected chi connectivity index (χ2v) is 4.03. The van der Waals surface area contributed by atoms with Crippen molar-refractivity contribution in [3.63, 3.8) is 0 Å². The predicted octanol–water partition coefficient (Wildman–Crippen LogP) is 4.17. The van der Waals surface area contributed by atoms with Crippen molar-refractivity contribution in [2.75, 3.05) is 0 Å². The van der Waals surface area contributed by atoms with Crippen LogP contribution in [0.5, 0.6) is 0 Å². The van der Waals surface area contributed by atoms with Crippen LogP contribution in [0.4, 0.5) is 13.2 Å².